The zero-order chi connectivity index (χ0) is 15.1. The largest absolute Gasteiger partial charge is 0.369 e. The summed E-state index contributed by atoms with van der Waals surface area (Å²) in [4.78, 5) is 0. The number of halogens is 2. The Kier molecular flexibility index (Phi) is 3.43. The number of rotatable bonds is 2. The van der Waals surface area contributed by atoms with Gasteiger partial charge in [-0.25, -0.2) is 4.68 Å². The lowest BCUT2D eigenvalue weighted by Gasteiger charge is -2.06. The first-order chi connectivity index (χ1) is 10.7. The highest BCUT2D eigenvalue weighted by Gasteiger charge is 2.24. The van der Waals surface area contributed by atoms with E-state index in [1.165, 1.54) is 5.56 Å². The number of aromatic nitrogens is 2. The second-order valence-electron chi connectivity index (χ2n) is 5.22. The van der Waals surface area contributed by atoms with Crippen molar-refractivity contribution < 1.29 is 0 Å². The molecule has 1 N–H and O–H groups in total. The van der Waals surface area contributed by atoms with Crippen LogP contribution in [0.1, 0.15) is 5.56 Å². The van der Waals surface area contributed by atoms with Crippen LogP contribution in [0.2, 0.25) is 5.02 Å². The molecule has 0 atom stereocenters. The number of fused-ring (bicyclic) bond motifs is 1. The van der Waals surface area contributed by atoms with Crippen molar-refractivity contribution in [3.8, 4) is 16.9 Å². The number of nitrogens with zero attached hydrogens (tertiary/aromatic N) is 2. The lowest BCUT2D eigenvalue weighted by Crippen LogP contribution is -2.04. The molecule has 2 heterocycles. The Morgan fingerprint density at radius 1 is 1.14 bits per heavy atom. The third kappa shape index (κ3) is 2.23. The van der Waals surface area contributed by atoms with Crippen molar-refractivity contribution in [2.75, 3.05) is 11.9 Å². The molecule has 0 saturated heterocycles. The third-order valence-corrected chi connectivity index (χ3v) is 4.76. The van der Waals surface area contributed by atoms with Crippen LogP contribution in [0.4, 0.5) is 5.82 Å². The Balaban J connectivity index is 1.93. The lowest BCUT2D eigenvalue weighted by molar-refractivity contribution is 0.882. The maximum Gasteiger partial charge on any atom is 0.133 e. The van der Waals surface area contributed by atoms with Crippen molar-refractivity contribution in [1.29, 1.82) is 0 Å². The smallest absolute Gasteiger partial charge is 0.133 e. The summed E-state index contributed by atoms with van der Waals surface area (Å²) in [6, 6.07) is 15.9. The van der Waals surface area contributed by atoms with E-state index in [1.54, 1.807) is 0 Å². The minimum atomic E-state index is 0.710. The van der Waals surface area contributed by atoms with Crippen LogP contribution in [0.15, 0.2) is 53.0 Å². The van der Waals surface area contributed by atoms with Gasteiger partial charge in [-0.15, -0.1) is 0 Å². The van der Waals surface area contributed by atoms with E-state index in [9.17, 15) is 0 Å². The molecule has 0 bridgehead atoms. The summed E-state index contributed by atoms with van der Waals surface area (Å²) < 4.78 is 3.00. The minimum absolute atomic E-state index is 0.710. The second-order valence-corrected chi connectivity index (χ2v) is 6.51. The summed E-state index contributed by atoms with van der Waals surface area (Å²) in [6.45, 7) is 0.936. The lowest BCUT2D eigenvalue weighted by atomic mass is 10.1. The first-order valence-electron chi connectivity index (χ1n) is 7.10. The topological polar surface area (TPSA) is 29.9 Å². The summed E-state index contributed by atoms with van der Waals surface area (Å²) in [5.41, 5.74) is 4.36. The van der Waals surface area contributed by atoms with Crippen LogP contribution in [0.5, 0.6) is 0 Å². The van der Waals surface area contributed by atoms with Crippen LogP contribution in [-0.2, 0) is 6.42 Å². The monoisotopic (exact) mass is 373 g/mol. The number of hydrogen-bond acceptors (Lipinski definition) is 2. The highest BCUT2D eigenvalue weighted by molar-refractivity contribution is 9.10. The van der Waals surface area contributed by atoms with E-state index < -0.39 is 0 Å². The Morgan fingerprint density at radius 3 is 2.82 bits per heavy atom. The molecule has 0 unspecified atom stereocenters. The van der Waals surface area contributed by atoms with Crippen molar-refractivity contribution in [1.82, 2.24) is 9.78 Å². The molecule has 0 saturated carbocycles. The molecule has 0 amide bonds. The predicted molar refractivity (Wildman–Crippen MR) is 93.9 cm³/mol. The van der Waals surface area contributed by atoms with Gasteiger partial charge in [-0.1, -0.05) is 51.8 Å². The van der Waals surface area contributed by atoms with E-state index in [4.69, 9.17) is 16.7 Å². The first-order valence-corrected chi connectivity index (χ1v) is 8.28. The highest BCUT2D eigenvalue weighted by Crippen LogP contribution is 2.37. The molecular weight excluding hydrogens is 362 g/mol. The van der Waals surface area contributed by atoms with Gasteiger partial charge in [-0.2, -0.15) is 5.10 Å². The quantitative estimate of drug-likeness (QED) is 0.690. The van der Waals surface area contributed by atoms with Crippen LogP contribution in [0.25, 0.3) is 16.9 Å². The normalized spacial score (nSPS) is 13.0. The van der Waals surface area contributed by atoms with E-state index in [2.05, 4.69) is 27.3 Å². The molecule has 1 aromatic heterocycles. The van der Waals surface area contributed by atoms with Crippen LogP contribution in [-0.4, -0.2) is 16.3 Å². The Labute approximate surface area is 142 Å². The average molecular weight is 375 g/mol. The van der Waals surface area contributed by atoms with Gasteiger partial charge in [0.15, 0.2) is 0 Å². The van der Waals surface area contributed by atoms with Gasteiger partial charge in [0, 0.05) is 27.2 Å². The fraction of sp³-hybridized carbons (Fsp3) is 0.118. The molecular formula is C17H13BrClN3. The van der Waals surface area contributed by atoms with Crippen molar-refractivity contribution in [2.45, 2.75) is 6.42 Å². The average Bonchev–Trinajstić information content (AvgIpc) is 3.10. The zero-order valence-electron chi connectivity index (χ0n) is 11.7. The van der Waals surface area contributed by atoms with E-state index in [0.29, 0.717) is 5.02 Å². The molecule has 2 aromatic carbocycles. The summed E-state index contributed by atoms with van der Waals surface area (Å²) in [7, 11) is 0. The number of hydrogen-bond donors (Lipinski definition) is 1. The molecule has 5 heteroatoms. The summed E-state index contributed by atoms with van der Waals surface area (Å²) in [6.07, 6.45) is 0.979. The summed E-state index contributed by atoms with van der Waals surface area (Å²) >= 11 is 9.75. The molecule has 0 aliphatic carbocycles. The maximum absolute atomic E-state index is 6.13. The van der Waals surface area contributed by atoms with Gasteiger partial charge in [0.25, 0.3) is 0 Å². The van der Waals surface area contributed by atoms with Crippen molar-refractivity contribution in [2.24, 2.45) is 0 Å². The molecule has 3 nitrogen and oxygen atoms in total. The Hall–Kier alpha value is -1.78. The summed E-state index contributed by atoms with van der Waals surface area (Å²) in [5, 5.41) is 8.99. The number of anilines is 1. The van der Waals surface area contributed by atoms with Crippen LogP contribution < -0.4 is 5.32 Å². The molecule has 1 aliphatic rings. The van der Waals surface area contributed by atoms with Gasteiger partial charge in [0.05, 0.1) is 11.4 Å². The molecule has 0 fully saturated rings. The molecule has 1 aliphatic heterocycles. The molecule has 4 rings (SSSR count). The third-order valence-electron chi connectivity index (χ3n) is 3.83. The zero-order valence-corrected chi connectivity index (χ0v) is 14.0. The highest BCUT2D eigenvalue weighted by atomic mass is 79.9. The minimum Gasteiger partial charge on any atom is -0.369 e. The van der Waals surface area contributed by atoms with E-state index in [0.717, 1.165) is 40.2 Å². The summed E-state index contributed by atoms with van der Waals surface area (Å²) in [5.74, 6) is 1.06. The van der Waals surface area contributed by atoms with Crippen LogP contribution in [0.3, 0.4) is 0 Å². The van der Waals surface area contributed by atoms with Gasteiger partial charge < -0.3 is 5.32 Å². The molecule has 110 valence electrons. The van der Waals surface area contributed by atoms with Gasteiger partial charge in [0.2, 0.25) is 0 Å². The van der Waals surface area contributed by atoms with Gasteiger partial charge in [-0.05, 0) is 30.7 Å². The van der Waals surface area contributed by atoms with Gasteiger partial charge in [0.1, 0.15) is 5.82 Å². The van der Waals surface area contributed by atoms with E-state index in [-0.39, 0.29) is 0 Å². The molecule has 0 radical (unpaired) electrons. The first kappa shape index (κ1) is 13.9. The van der Waals surface area contributed by atoms with Crippen molar-refractivity contribution in [3.63, 3.8) is 0 Å². The van der Waals surface area contributed by atoms with Gasteiger partial charge >= 0.3 is 0 Å². The van der Waals surface area contributed by atoms with E-state index in [1.807, 2.05) is 47.1 Å². The fourth-order valence-electron chi connectivity index (χ4n) is 2.84. The Bertz CT molecular complexity index is 857. The number of nitrogens with one attached hydrogen (secondary N) is 1. The van der Waals surface area contributed by atoms with Crippen LogP contribution >= 0.6 is 27.5 Å². The van der Waals surface area contributed by atoms with Gasteiger partial charge in [-0.3, -0.25) is 0 Å². The Morgan fingerprint density at radius 2 is 2.00 bits per heavy atom. The predicted octanol–water partition coefficient (Wildman–Crippen LogP) is 4.92. The van der Waals surface area contributed by atoms with Crippen molar-refractivity contribution >= 4 is 33.3 Å². The molecule has 0 spiro atoms. The molecule has 3 aromatic rings. The maximum atomic E-state index is 6.13. The second kappa shape index (κ2) is 5.45. The fourth-order valence-corrected chi connectivity index (χ4v) is 3.50. The standard InChI is InChI=1S/C17H13BrClN3/c18-15-7-2-1-6-13(15)16-14-8-9-20-17(14)22(21-16)12-5-3-4-11(19)10-12/h1-7,10,20H,8-9H2. The van der Waals surface area contributed by atoms with Crippen molar-refractivity contribution in [3.05, 3.63) is 63.6 Å². The van der Waals surface area contributed by atoms with Crippen LogP contribution in [0, 0.1) is 0 Å². The SMILES string of the molecule is Clc1cccc(-n2nc(-c3ccccc3Br)c3c2NCC3)c1. The molecule has 22 heavy (non-hydrogen) atoms. The van der Waals surface area contributed by atoms with E-state index >= 15 is 0 Å². The number of benzene rings is 2.